The molecule has 2 aromatic rings. The number of carbonyl (C=O) groups excluding carboxylic acids is 2. The van der Waals surface area contributed by atoms with Crippen molar-refractivity contribution in [2.24, 2.45) is 0 Å². The summed E-state index contributed by atoms with van der Waals surface area (Å²) in [5.74, 6) is -1.90. The largest absolute Gasteiger partial charge is 0.506 e. The van der Waals surface area contributed by atoms with Crippen LogP contribution in [0.4, 0.5) is 18.9 Å². The van der Waals surface area contributed by atoms with E-state index in [2.05, 4.69) is 10.6 Å². The highest BCUT2D eigenvalue weighted by Gasteiger charge is 2.31. The Morgan fingerprint density at radius 3 is 2.54 bits per heavy atom. The second-order valence-corrected chi connectivity index (χ2v) is 4.93. The van der Waals surface area contributed by atoms with Gasteiger partial charge in [0.15, 0.2) is 0 Å². The van der Waals surface area contributed by atoms with Crippen LogP contribution in [0.2, 0.25) is 0 Å². The Labute approximate surface area is 134 Å². The Morgan fingerprint density at radius 2 is 1.96 bits per heavy atom. The lowest BCUT2D eigenvalue weighted by atomic mass is 10.1. The van der Waals surface area contributed by atoms with E-state index in [-0.39, 0.29) is 5.56 Å². The fraction of sp³-hybridized carbons (Fsp3) is 0.200. The van der Waals surface area contributed by atoms with Crippen molar-refractivity contribution in [1.82, 2.24) is 5.32 Å². The molecule has 9 heteroatoms. The maximum atomic E-state index is 12.7. The van der Waals surface area contributed by atoms with Crippen molar-refractivity contribution in [2.75, 3.05) is 5.32 Å². The molecule has 1 atom stereocenters. The fourth-order valence-electron chi connectivity index (χ4n) is 1.79. The molecule has 6 nitrogen and oxygen atoms in total. The molecule has 128 valence electrons. The number of benzene rings is 1. The first-order chi connectivity index (χ1) is 11.2. The van der Waals surface area contributed by atoms with Crippen molar-refractivity contribution in [3.05, 3.63) is 47.9 Å². The van der Waals surface area contributed by atoms with E-state index in [0.717, 1.165) is 6.07 Å². The molecular weight excluding hydrogens is 329 g/mol. The smallest absolute Gasteiger partial charge is 0.416 e. The number of furan rings is 1. The number of carbonyl (C=O) groups is 2. The Balaban J connectivity index is 2.07. The zero-order chi connectivity index (χ0) is 17.9. The van der Waals surface area contributed by atoms with Gasteiger partial charge in [0.2, 0.25) is 5.91 Å². The first-order valence-electron chi connectivity index (χ1n) is 6.72. The van der Waals surface area contributed by atoms with Crippen LogP contribution in [0.5, 0.6) is 5.75 Å². The predicted octanol–water partition coefficient (Wildman–Crippen LogP) is 2.76. The van der Waals surface area contributed by atoms with Crippen molar-refractivity contribution in [2.45, 2.75) is 19.1 Å². The molecular formula is C15H13F3N2O4. The predicted molar refractivity (Wildman–Crippen MR) is 77.4 cm³/mol. The highest BCUT2D eigenvalue weighted by atomic mass is 19.4. The molecule has 0 aliphatic heterocycles. The van der Waals surface area contributed by atoms with E-state index < -0.39 is 41.0 Å². The van der Waals surface area contributed by atoms with E-state index in [0.29, 0.717) is 12.1 Å². The zero-order valence-electron chi connectivity index (χ0n) is 12.3. The first-order valence-corrected chi connectivity index (χ1v) is 6.72. The van der Waals surface area contributed by atoms with Gasteiger partial charge in [0.1, 0.15) is 18.1 Å². The summed E-state index contributed by atoms with van der Waals surface area (Å²) in [6, 6.07) is 2.46. The monoisotopic (exact) mass is 342 g/mol. The molecule has 0 saturated heterocycles. The van der Waals surface area contributed by atoms with E-state index in [9.17, 15) is 27.9 Å². The lowest BCUT2D eigenvalue weighted by molar-refractivity contribution is -0.137. The van der Waals surface area contributed by atoms with Crippen LogP contribution in [0.15, 0.2) is 41.2 Å². The third-order valence-corrected chi connectivity index (χ3v) is 3.11. The second-order valence-electron chi connectivity index (χ2n) is 4.93. The summed E-state index contributed by atoms with van der Waals surface area (Å²) >= 11 is 0. The van der Waals surface area contributed by atoms with Crippen molar-refractivity contribution in [1.29, 1.82) is 0 Å². The Hall–Kier alpha value is -2.97. The number of rotatable bonds is 4. The Bertz CT molecular complexity index is 742. The normalized spacial score (nSPS) is 12.5. The topological polar surface area (TPSA) is 91.6 Å². The van der Waals surface area contributed by atoms with Gasteiger partial charge in [0, 0.05) is 0 Å². The van der Waals surface area contributed by atoms with Gasteiger partial charge < -0.3 is 20.2 Å². The van der Waals surface area contributed by atoms with Crippen LogP contribution >= 0.6 is 0 Å². The fourth-order valence-corrected chi connectivity index (χ4v) is 1.79. The molecule has 0 saturated carbocycles. The van der Waals surface area contributed by atoms with Crippen LogP contribution in [0.1, 0.15) is 22.8 Å². The minimum atomic E-state index is -4.62. The summed E-state index contributed by atoms with van der Waals surface area (Å²) in [4.78, 5) is 23.8. The van der Waals surface area contributed by atoms with Gasteiger partial charge >= 0.3 is 6.18 Å². The SMILES string of the molecule is C[C@H](NC(=O)c1ccoc1)C(=O)Nc1cc(C(F)(F)F)ccc1O. The van der Waals surface area contributed by atoms with Crippen LogP contribution in [0.25, 0.3) is 0 Å². The van der Waals surface area contributed by atoms with Gasteiger partial charge in [0.25, 0.3) is 5.91 Å². The number of amides is 2. The minimum Gasteiger partial charge on any atom is -0.506 e. The van der Waals surface area contributed by atoms with Gasteiger partial charge in [-0.2, -0.15) is 13.2 Å². The Morgan fingerprint density at radius 1 is 1.25 bits per heavy atom. The van der Waals surface area contributed by atoms with Crippen molar-refractivity contribution in [3.63, 3.8) is 0 Å². The number of phenols is 1. The molecule has 3 N–H and O–H groups in total. The summed E-state index contributed by atoms with van der Waals surface area (Å²) < 4.78 is 42.7. The van der Waals surface area contributed by atoms with E-state index in [4.69, 9.17) is 4.42 Å². The number of hydrogen-bond acceptors (Lipinski definition) is 4. The van der Waals surface area contributed by atoms with Gasteiger partial charge in [0.05, 0.1) is 23.1 Å². The summed E-state index contributed by atoms with van der Waals surface area (Å²) in [5, 5.41) is 14.1. The molecule has 1 aromatic carbocycles. The molecule has 0 spiro atoms. The lowest BCUT2D eigenvalue weighted by Gasteiger charge is -2.15. The quantitative estimate of drug-likeness (QED) is 0.745. The van der Waals surface area contributed by atoms with Crippen LogP contribution in [0, 0.1) is 0 Å². The van der Waals surface area contributed by atoms with Crippen LogP contribution in [0.3, 0.4) is 0 Å². The third-order valence-electron chi connectivity index (χ3n) is 3.11. The van der Waals surface area contributed by atoms with Crippen molar-refractivity contribution < 1.29 is 32.3 Å². The van der Waals surface area contributed by atoms with Crippen LogP contribution < -0.4 is 10.6 Å². The molecule has 0 fully saturated rings. The number of hydrogen-bond donors (Lipinski definition) is 3. The van der Waals surface area contributed by atoms with Crippen LogP contribution in [-0.4, -0.2) is 23.0 Å². The van der Waals surface area contributed by atoms with E-state index in [1.807, 2.05) is 0 Å². The molecule has 0 bridgehead atoms. The van der Waals surface area contributed by atoms with E-state index in [1.165, 1.54) is 25.5 Å². The molecule has 1 aromatic heterocycles. The Kier molecular flexibility index (Phi) is 4.82. The average molecular weight is 342 g/mol. The molecule has 0 aliphatic rings. The number of phenolic OH excluding ortho intramolecular Hbond substituents is 1. The second kappa shape index (κ2) is 6.65. The highest BCUT2D eigenvalue weighted by molar-refractivity contribution is 6.01. The van der Waals surface area contributed by atoms with Crippen molar-refractivity contribution >= 4 is 17.5 Å². The maximum absolute atomic E-state index is 12.7. The summed E-state index contributed by atoms with van der Waals surface area (Å²) in [6.07, 6.45) is -2.16. The number of nitrogens with one attached hydrogen (secondary N) is 2. The van der Waals surface area contributed by atoms with Gasteiger partial charge in [-0.25, -0.2) is 0 Å². The molecule has 24 heavy (non-hydrogen) atoms. The molecule has 2 amide bonds. The lowest BCUT2D eigenvalue weighted by Crippen LogP contribution is -2.41. The number of halogens is 3. The minimum absolute atomic E-state index is 0.191. The first kappa shape index (κ1) is 17.4. The molecule has 0 unspecified atom stereocenters. The number of aromatic hydroxyl groups is 1. The van der Waals surface area contributed by atoms with Gasteiger partial charge in [-0.3, -0.25) is 9.59 Å². The molecule has 0 radical (unpaired) electrons. The summed E-state index contributed by atoms with van der Waals surface area (Å²) in [6.45, 7) is 1.35. The standard InChI is InChI=1S/C15H13F3N2O4/c1-8(19-14(23)9-4-5-24-7-9)13(22)20-11-6-10(15(16,17)18)2-3-12(11)21/h2-8,21H,1H3,(H,19,23)(H,20,22)/t8-/m0/s1. The molecule has 0 aliphatic carbocycles. The summed E-state index contributed by atoms with van der Waals surface area (Å²) in [7, 11) is 0. The highest BCUT2D eigenvalue weighted by Crippen LogP contribution is 2.34. The number of alkyl halides is 3. The average Bonchev–Trinajstić information content (AvgIpc) is 3.02. The van der Waals surface area contributed by atoms with E-state index in [1.54, 1.807) is 0 Å². The molecule has 2 rings (SSSR count). The zero-order valence-corrected chi connectivity index (χ0v) is 12.3. The van der Waals surface area contributed by atoms with Crippen molar-refractivity contribution in [3.8, 4) is 5.75 Å². The van der Waals surface area contributed by atoms with Gasteiger partial charge in [-0.1, -0.05) is 0 Å². The third kappa shape index (κ3) is 4.06. The maximum Gasteiger partial charge on any atom is 0.416 e. The summed E-state index contributed by atoms with van der Waals surface area (Å²) in [5.41, 5.74) is -1.23. The van der Waals surface area contributed by atoms with Gasteiger partial charge in [-0.15, -0.1) is 0 Å². The van der Waals surface area contributed by atoms with Crippen LogP contribution in [-0.2, 0) is 11.0 Å². The molecule has 1 heterocycles. The number of anilines is 1. The van der Waals surface area contributed by atoms with Gasteiger partial charge in [-0.05, 0) is 31.2 Å². The van der Waals surface area contributed by atoms with E-state index >= 15 is 0 Å².